The molecule has 2 aromatic rings. The summed E-state index contributed by atoms with van der Waals surface area (Å²) in [6.45, 7) is 2.78. The molecule has 6 nitrogen and oxygen atoms in total. The first kappa shape index (κ1) is 16.6. The lowest BCUT2D eigenvalue weighted by Gasteiger charge is -2.07. The van der Waals surface area contributed by atoms with Gasteiger partial charge in [-0.05, 0) is 31.2 Å². The summed E-state index contributed by atoms with van der Waals surface area (Å²) in [5.41, 5.74) is 2.38. The Morgan fingerprint density at radius 3 is 2.57 bits per heavy atom. The van der Waals surface area contributed by atoms with Gasteiger partial charge < -0.3 is 15.4 Å². The number of amides is 2. The van der Waals surface area contributed by atoms with Gasteiger partial charge in [0.05, 0.1) is 6.61 Å². The van der Waals surface area contributed by atoms with E-state index in [9.17, 15) is 9.59 Å². The van der Waals surface area contributed by atoms with Gasteiger partial charge in [0.15, 0.2) is 0 Å². The Balaban J connectivity index is 2.04. The molecule has 0 unspecified atom stereocenters. The molecule has 2 N–H and O–H groups in total. The molecule has 0 aliphatic carbocycles. The Morgan fingerprint density at radius 2 is 1.87 bits per heavy atom. The molecule has 0 bridgehead atoms. The van der Waals surface area contributed by atoms with Crippen LogP contribution < -0.4 is 10.6 Å². The number of nitrogens with one attached hydrogen (secondary N) is 2. The number of ether oxygens (including phenoxy) is 1. The van der Waals surface area contributed by atoms with Gasteiger partial charge in [0.25, 0.3) is 11.8 Å². The van der Waals surface area contributed by atoms with E-state index in [1.54, 1.807) is 13.2 Å². The molecule has 1 aromatic carbocycles. The minimum Gasteiger partial charge on any atom is -0.383 e. The summed E-state index contributed by atoms with van der Waals surface area (Å²) in [7, 11) is 1.56. The van der Waals surface area contributed by atoms with Crippen molar-refractivity contribution in [1.82, 2.24) is 10.3 Å². The summed E-state index contributed by atoms with van der Waals surface area (Å²) >= 11 is 0. The highest BCUT2D eigenvalue weighted by atomic mass is 16.5. The van der Waals surface area contributed by atoms with Gasteiger partial charge in [0.2, 0.25) is 0 Å². The van der Waals surface area contributed by atoms with Gasteiger partial charge >= 0.3 is 0 Å². The molecule has 0 atom stereocenters. The Hall–Kier alpha value is -2.73. The lowest BCUT2D eigenvalue weighted by atomic mass is 10.2. The van der Waals surface area contributed by atoms with Crippen LogP contribution in [0.4, 0.5) is 5.69 Å². The predicted molar refractivity (Wildman–Crippen MR) is 87.6 cm³/mol. The second kappa shape index (κ2) is 8.05. The first-order chi connectivity index (χ1) is 11.1. The fraction of sp³-hybridized carbons (Fsp3) is 0.235. The van der Waals surface area contributed by atoms with E-state index >= 15 is 0 Å². The first-order valence-corrected chi connectivity index (χ1v) is 7.21. The quantitative estimate of drug-likeness (QED) is 0.800. The van der Waals surface area contributed by atoms with Crippen LogP contribution in [-0.4, -0.2) is 37.1 Å². The van der Waals surface area contributed by atoms with E-state index in [1.807, 2.05) is 31.2 Å². The van der Waals surface area contributed by atoms with Crippen LogP contribution in [-0.2, 0) is 4.74 Å². The van der Waals surface area contributed by atoms with Gasteiger partial charge in [-0.25, -0.2) is 0 Å². The lowest BCUT2D eigenvalue weighted by molar-refractivity contribution is 0.0932. The van der Waals surface area contributed by atoms with Crippen molar-refractivity contribution in [3.63, 3.8) is 0 Å². The Labute approximate surface area is 134 Å². The molecule has 0 radical (unpaired) electrons. The Bertz CT molecular complexity index is 684. The molecule has 0 spiro atoms. The van der Waals surface area contributed by atoms with Gasteiger partial charge in [-0.1, -0.05) is 17.7 Å². The highest BCUT2D eigenvalue weighted by Gasteiger charge is 2.11. The summed E-state index contributed by atoms with van der Waals surface area (Å²) in [4.78, 5) is 28.2. The second-order valence-electron chi connectivity index (χ2n) is 5.00. The Morgan fingerprint density at radius 1 is 1.13 bits per heavy atom. The maximum absolute atomic E-state index is 12.2. The van der Waals surface area contributed by atoms with E-state index in [-0.39, 0.29) is 17.5 Å². The van der Waals surface area contributed by atoms with Crippen molar-refractivity contribution in [1.29, 1.82) is 0 Å². The molecular weight excluding hydrogens is 294 g/mol. The summed E-state index contributed by atoms with van der Waals surface area (Å²) in [5, 5.41) is 5.45. The van der Waals surface area contributed by atoms with Crippen molar-refractivity contribution in [2.45, 2.75) is 6.92 Å². The van der Waals surface area contributed by atoms with E-state index < -0.39 is 0 Å². The van der Waals surface area contributed by atoms with Crippen molar-refractivity contribution in [2.75, 3.05) is 25.6 Å². The molecule has 23 heavy (non-hydrogen) atoms. The standard InChI is InChI=1S/C17H19N3O3/c1-12-3-5-14(6-4-12)20-16(21)13-7-8-18-15(11-13)17(22)19-9-10-23-2/h3-8,11H,9-10H2,1-2H3,(H,19,22)(H,20,21). The normalized spacial score (nSPS) is 10.2. The minimum absolute atomic E-state index is 0.192. The number of hydrogen-bond acceptors (Lipinski definition) is 4. The molecule has 0 aliphatic heterocycles. The topological polar surface area (TPSA) is 80.3 Å². The third-order valence-electron chi connectivity index (χ3n) is 3.16. The molecule has 0 saturated carbocycles. The van der Waals surface area contributed by atoms with Crippen molar-refractivity contribution < 1.29 is 14.3 Å². The number of aryl methyl sites for hydroxylation is 1. The number of methoxy groups -OCH3 is 1. The van der Waals surface area contributed by atoms with E-state index in [1.165, 1.54) is 12.3 Å². The number of rotatable bonds is 6. The molecule has 1 aromatic heterocycles. The number of anilines is 1. The smallest absolute Gasteiger partial charge is 0.269 e. The highest BCUT2D eigenvalue weighted by Crippen LogP contribution is 2.11. The third-order valence-corrected chi connectivity index (χ3v) is 3.16. The second-order valence-corrected chi connectivity index (χ2v) is 5.00. The number of pyridine rings is 1. The highest BCUT2D eigenvalue weighted by molar-refractivity contribution is 6.05. The number of carbonyl (C=O) groups is 2. The summed E-state index contributed by atoms with van der Waals surface area (Å²) in [6, 6.07) is 10.5. The molecule has 2 amide bonds. The van der Waals surface area contributed by atoms with Gasteiger partial charge in [-0.15, -0.1) is 0 Å². The molecule has 2 rings (SSSR count). The minimum atomic E-state index is -0.341. The van der Waals surface area contributed by atoms with Crippen LogP contribution in [0.1, 0.15) is 26.4 Å². The molecule has 0 aliphatic rings. The van der Waals surface area contributed by atoms with Crippen molar-refractivity contribution in [3.05, 3.63) is 59.4 Å². The lowest BCUT2D eigenvalue weighted by Crippen LogP contribution is -2.28. The van der Waals surface area contributed by atoms with Crippen LogP contribution in [0.5, 0.6) is 0 Å². The zero-order valence-electron chi connectivity index (χ0n) is 13.1. The maximum Gasteiger partial charge on any atom is 0.269 e. The van der Waals surface area contributed by atoms with Crippen molar-refractivity contribution in [2.24, 2.45) is 0 Å². The number of carbonyl (C=O) groups excluding carboxylic acids is 2. The van der Waals surface area contributed by atoms with E-state index in [4.69, 9.17) is 4.74 Å². The van der Waals surface area contributed by atoms with Crippen LogP contribution in [0.2, 0.25) is 0 Å². The maximum atomic E-state index is 12.2. The molecule has 120 valence electrons. The molecule has 6 heteroatoms. The van der Waals surface area contributed by atoms with Crippen LogP contribution in [0.25, 0.3) is 0 Å². The van der Waals surface area contributed by atoms with Crippen LogP contribution in [0.15, 0.2) is 42.6 Å². The average Bonchev–Trinajstić information content (AvgIpc) is 2.57. The van der Waals surface area contributed by atoms with Gasteiger partial charge in [0.1, 0.15) is 5.69 Å². The average molecular weight is 313 g/mol. The summed E-state index contributed by atoms with van der Waals surface area (Å²) in [6.07, 6.45) is 1.44. The number of nitrogens with zero attached hydrogens (tertiary/aromatic N) is 1. The molecule has 1 heterocycles. The number of benzene rings is 1. The van der Waals surface area contributed by atoms with E-state index in [0.717, 1.165) is 5.56 Å². The van der Waals surface area contributed by atoms with Gasteiger partial charge in [-0.2, -0.15) is 0 Å². The largest absolute Gasteiger partial charge is 0.383 e. The van der Waals surface area contributed by atoms with Crippen LogP contribution in [0.3, 0.4) is 0 Å². The van der Waals surface area contributed by atoms with Crippen molar-refractivity contribution >= 4 is 17.5 Å². The number of aromatic nitrogens is 1. The zero-order chi connectivity index (χ0) is 16.7. The zero-order valence-corrected chi connectivity index (χ0v) is 13.1. The van der Waals surface area contributed by atoms with E-state index in [2.05, 4.69) is 15.6 Å². The molecule has 0 fully saturated rings. The first-order valence-electron chi connectivity index (χ1n) is 7.21. The Kier molecular flexibility index (Phi) is 5.82. The number of hydrogen-bond donors (Lipinski definition) is 2. The van der Waals surface area contributed by atoms with Crippen molar-refractivity contribution in [3.8, 4) is 0 Å². The van der Waals surface area contributed by atoms with Crippen LogP contribution >= 0.6 is 0 Å². The summed E-state index contributed by atoms with van der Waals surface area (Å²) < 4.78 is 4.87. The monoisotopic (exact) mass is 313 g/mol. The third kappa shape index (κ3) is 4.89. The van der Waals surface area contributed by atoms with Gasteiger partial charge in [0, 0.05) is 31.1 Å². The molecular formula is C17H19N3O3. The fourth-order valence-electron chi connectivity index (χ4n) is 1.89. The fourth-order valence-corrected chi connectivity index (χ4v) is 1.89. The SMILES string of the molecule is COCCNC(=O)c1cc(C(=O)Nc2ccc(C)cc2)ccn1. The van der Waals surface area contributed by atoms with Gasteiger partial charge in [-0.3, -0.25) is 14.6 Å². The van der Waals surface area contributed by atoms with E-state index in [0.29, 0.717) is 24.4 Å². The summed E-state index contributed by atoms with van der Waals surface area (Å²) in [5.74, 6) is -0.630. The van der Waals surface area contributed by atoms with Crippen LogP contribution in [0, 0.1) is 6.92 Å². The predicted octanol–water partition coefficient (Wildman–Crippen LogP) is 2.02. The molecule has 0 saturated heterocycles.